The number of nitrogens with one attached hydrogen (secondary N) is 1. The van der Waals surface area contributed by atoms with E-state index in [-0.39, 0.29) is 5.91 Å². The Balaban J connectivity index is 1.86. The van der Waals surface area contributed by atoms with E-state index in [4.69, 9.17) is 10.6 Å². The summed E-state index contributed by atoms with van der Waals surface area (Å²) in [6.45, 7) is 0.575. The van der Waals surface area contributed by atoms with Crippen molar-refractivity contribution in [3.8, 4) is 5.75 Å². The van der Waals surface area contributed by atoms with Gasteiger partial charge in [0.05, 0.1) is 12.1 Å². The maximum Gasteiger partial charge on any atom is 0.233 e. The molecule has 0 saturated carbocycles. The van der Waals surface area contributed by atoms with Gasteiger partial charge in [-0.15, -0.1) is 0 Å². The number of fused-ring (bicyclic) bond motifs is 1. The molecule has 0 unspecified atom stereocenters. The summed E-state index contributed by atoms with van der Waals surface area (Å²) in [5.74, 6) is 5.69. The first-order chi connectivity index (χ1) is 9.31. The van der Waals surface area contributed by atoms with Crippen molar-refractivity contribution >= 4 is 16.8 Å². The minimum absolute atomic E-state index is 0.144. The van der Waals surface area contributed by atoms with Gasteiger partial charge in [0.15, 0.2) is 0 Å². The number of hydrogen-bond acceptors (Lipinski definition) is 4. The average Bonchev–Trinajstić information content (AvgIpc) is 2.46. The van der Waals surface area contributed by atoms with Gasteiger partial charge >= 0.3 is 0 Å². The molecule has 0 aliphatic rings. The number of benzene rings is 1. The number of ether oxygens (including phenoxy) is 1. The van der Waals surface area contributed by atoms with Crippen LogP contribution in [0.4, 0.5) is 0 Å². The molecule has 0 fully saturated rings. The molecule has 1 heterocycles. The number of nitrogens with zero attached hydrogens (tertiary/aromatic N) is 1. The van der Waals surface area contributed by atoms with Crippen LogP contribution in [0.25, 0.3) is 10.9 Å². The van der Waals surface area contributed by atoms with Crippen LogP contribution in [0.1, 0.15) is 19.3 Å². The van der Waals surface area contributed by atoms with Gasteiger partial charge in [-0.05, 0) is 37.1 Å². The molecule has 0 radical (unpaired) electrons. The lowest BCUT2D eigenvalue weighted by atomic mass is 10.2. The van der Waals surface area contributed by atoms with E-state index in [1.54, 1.807) is 6.20 Å². The van der Waals surface area contributed by atoms with Crippen molar-refractivity contribution in [2.75, 3.05) is 6.61 Å². The number of pyridine rings is 1. The zero-order valence-corrected chi connectivity index (χ0v) is 10.6. The second kappa shape index (κ2) is 6.70. The Morgan fingerprint density at radius 2 is 2.16 bits per heavy atom. The van der Waals surface area contributed by atoms with E-state index in [9.17, 15) is 4.79 Å². The second-order valence-electron chi connectivity index (χ2n) is 4.20. The second-order valence-corrected chi connectivity index (χ2v) is 4.20. The Hall–Kier alpha value is -2.14. The Kier molecular flexibility index (Phi) is 4.69. The van der Waals surface area contributed by atoms with Gasteiger partial charge in [0.2, 0.25) is 5.91 Å². The number of unbranched alkanes of at least 4 members (excludes halogenated alkanes) is 1. The van der Waals surface area contributed by atoms with E-state index in [2.05, 4.69) is 10.4 Å². The summed E-state index contributed by atoms with van der Waals surface area (Å²) in [6, 6.07) is 9.68. The van der Waals surface area contributed by atoms with Crippen molar-refractivity contribution in [2.45, 2.75) is 19.3 Å². The maximum absolute atomic E-state index is 10.9. The normalized spacial score (nSPS) is 10.4. The Morgan fingerprint density at radius 3 is 3.00 bits per heavy atom. The number of nitrogens with two attached hydrogens (primary N) is 1. The van der Waals surface area contributed by atoms with Crippen LogP contribution in [-0.2, 0) is 4.79 Å². The summed E-state index contributed by atoms with van der Waals surface area (Å²) >= 11 is 0. The third-order valence-electron chi connectivity index (χ3n) is 2.82. The Labute approximate surface area is 111 Å². The molecule has 0 aliphatic carbocycles. The predicted molar refractivity (Wildman–Crippen MR) is 73.4 cm³/mol. The lowest BCUT2D eigenvalue weighted by Crippen LogP contribution is -2.29. The minimum atomic E-state index is -0.144. The zero-order chi connectivity index (χ0) is 13.5. The van der Waals surface area contributed by atoms with Crippen molar-refractivity contribution < 1.29 is 9.53 Å². The van der Waals surface area contributed by atoms with Crippen LogP contribution < -0.4 is 16.0 Å². The molecule has 5 heteroatoms. The molecule has 3 N–H and O–H groups in total. The lowest BCUT2D eigenvalue weighted by Gasteiger charge is -2.08. The molecule has 1 aromatic carbocycles. The summed E-state index contributed by atoms with van der Waals surface area (Å²) in [4.78, 5) is 15.2. The average molecular weight is 259 g/mol. The van der Waals surface area contributed by atoms with E-state index >= 15 is 0 Å². The zero-order valence-electron chi connectivity index (χ0n) is 10.6. The number of hydrazine groups is 1. The largest absolute Gasteiger partial charge is 0.493 e. The fourth-order valence-electron chi connectivity index (χ4n) is 1.84. The quantitative estimate of drug-likeness (QED) is 0.359. The molecule has 0 saturated heterocycles. The molecule has 0 atom stereocenters. The number of carbonyl (C=O) groups excluding carboxylic acids is 1. The SMILES string of the molecule is NNC(=O)CCCCOc1cccc2ncccc12. The molecular formula is C14H17N3O2. The number of carbonyl (C=O) groups is 1. The highest BCUT2D eigenvalue weighted by Crippen LogP contribution is 2.23. The molecule has 0 bridgehead atoms. The van der Waals surface area contributed by atoms with Gasteiger partial charge < -0.3 is 4.74 Å². The Morgan fingerprint density at radius 1 is 1.26 bits per heavy atom. The highest BCUT2D eigenvalue weighted by Gasteiger charge is 2.02. The number of aromatic nitrogens is 1. The van der Waals surface area contributed by atoms with Crippen LogP contribution in [0.3, 0.4) is 0 Å². The van der Waals surface area contributed by atoms with Crippen LogP contribution >= 0.6 is 0 Å². The van der Waals surface area contributed by atoms with E-state index in [0.29, 0.717) is 13.0 Å². The molecule has 1 aromatic heterocycles. The lowest BCUT2D eigenvalue weighted by molar-refractivity contribution is -0.121. The fourth-order valence-corrected chi connectivity index (χ4v) is 1.84. The first-order valence-corrected chi connectivity index (χ1v) is 6.27. The van der Waals surface area contributed by atoms with Crippen molar-refractivity contribution in [2.24, 2.45) is 5.84 Å². The molecule has 0 spiro atoms. The van der Waals surface area contributed by atoms with Crippen molar-refractivity contribution in [3.05, 3.63) is 36.5 Å². The summed E-state index contributed by atoms with van der Waals surface area (Å²) in [5, 5.41) is 1.00. The molecule has 2 rings (SSSR count). The fraction of sp³-hybridized carbons (Fsp3) is 0.286. The van der Waals surface area contributed by atoms with Crippen LogP contribution in [-0.4, -0.2) is 17.5 Å². The standard InChI is InChI=1S/C14H17N3O2/c15-17-14(18)8-1-2-10-19-13-7-3-6-12-11(13)5-4-9-16-12/h3-7,9H,1-2,8,10,15H2,(H,17,18). The summed E-state index contributed by atoms with van der Waals surface area (Å²) < 4.78 is 5.73. The molecule has 19 heavy (non-hydrogen) atoms. The third-order valence-corrected chi connectivity index (χ3v) is 2.82. The first kappa shape index (κ1) is 13.3. The first-order valence-electron chi connectivity index (χ1n) is 6.27. The molecule has 0 aliphatic heterocycles. The van der Waals surface area contributed by atoms with E-state index < -0.39 is 0 Å². The van der Waals surface area contributed by atoms with E-state index in [0.717, 1.165) is 29.5 Å². The van der Waals surface area contributed by atoms with Gasteiger partial charge in [-0.1, -0.05) is 6.07 Å². The van der Waals surface area contributed by atoms with Crippen LogP contribution in [0.15, 0.2) is 36.5 Å². The van der Waals surface area contributed by atoms with Gasteiger partial charge in [-0.25, -0.2) is 5.84 Å². The molecule has 5 nitrogen and oxygen atoms in total. The molecule has 1 amide bonds. The summed E-state index contributed by atoms with van der Waals surface area (Å²) in [7, 11) is 0. The van der Waals surface area contributed by atoms with Crippen LogP contribution in [0.2, 0.25) is 0 Å². The number of amides is 1. The van der Waals surface area contributed by atoms with Gasteiger partial charge in [0, 0.05) is 18.0 Å². The van der Waals surface area contributed by atoms with E-state index in [1.807, 2.05) is 30.3 Å². The highest BCUT2D eigenvalue weighted by molar-refractivity contribution is 5.84. The van der Waals surface area contributed by atoms with Crippen molar-refractivity contribution in [1.29, 1.82) is 0 Å². The molecule has 2 aromatic rings. The van der Waals surface area contributed by atoms with Crippen LogP contribution in [0, 0.1) is 0 Å². The Bertz CT molecular complexity index is 552. The number of rotatable bonds is 6. The topological polar surface area (TPSA) is 77.2 Å². The minimum Gasteiger partial charge on any atom is -0.493 e. The highest BCUT2D eigenvalue weighted by atomic mass is 16.5. The monoisotopic (exact) mass is 259 g/mol. The van der Waals surface area contributed by atoms with Gasteiger partial charge in [-0.3, -0.25) is 15.2 Å². The smallest absolute Gasteiger partial charge is 0.233 e. The van der Waals surface area contributed by atoms with Crippen molar-refractivity contribution in [1.82, 2.24) is 10.4 Å². The maximum atomic E-state index is 10.9. The van der Waals surface area contributed by atoms with Crippen LogP contribution in [0.5, 0.6) is 5.75 Å². The molecular weight excluding hydrogens is 242 g/mol. The van der Waals surface area contributed by atoms with E-state index in [1.165, 1.54) is 0 Å². The van der Waals surface area contributed by atoms with Gasteiger partial charge in [0.25, 0.3) is 0 Å². The summed E-state index contributed by atoms with van der Waals surface area (Å²) in [6.07, 6.45) is 3.75. The van der Waals surface area contributed by atoms with Crippen molar-refractivity contribution in [3.63, 3.8) is 0 Å². The number of hydrogen-bond donors (Lipinski definition) is 2. The predicted octanol–water partition coefficient (Wildman–Crippen LogP) is 1.77. The summed E-state index contributed by atoms with van der Waals surface area (Å²) in [5.41, 5.74) is 3.03. The van der Waals surface area contributed by atoms with Gasteiger partial charge in [-0.2, -0.15) is 0 Å². The third kappa shape index (κ3) is 3.66. The molecule has 100 valence electrons. The van der Waals surface area contributed by atoms with Gasteiger partial charge in [0.1, 0.15) is 5.75 Å².